The van der Waals surface area contributed by atoms with Crippen LogP contribution in [0, 0.1) is 0 Å². The lowest BCUT2D eigenvalue weighted by Crippen LogP contribution is -1.97. The highest BCUT2D eigenvalue weighted by Crippen LogP contribution is 2.34. The van der Waals surface area contributed by atoms with Gasteiger partial charge in [0, 0.05) is 32.9 Å². The number of aromatic nitrogens is 2. The van der Waals surface area contributed by atoms with E-state index in [4.69, 9.17) is 21.9 Å². The lowest BCUT2D eigenvalue weighted by molar-refractivity contribution is 1.14. The van der Waals surface area contributed by atoms with E-state index in [2.05, 4.69) is 0 Å². The highest BCUT2D eigenvalue weighted by Gasteiger charge is 2.13. The molecule has 2 nitrogen and oxygen atoms in total. The summed E-state index contributed by atoms with van der Waals surface area (Å²) in [5, 5.41) is -1.49. The largest absolute Gasteiger partial charge is 0.309 e. The van der Waals surface area contributed by atoms with E-state index in [1.165, 1.54) is 0 Å². The van der Waals surface area contributed by atoms with E-state index in [0.717, 1.165) is 9.13 Å². The Labute approximate surface area is 213 Å². The molecule has 0 saturated carbocycles. The third-order valence-electron chi connectivity index (χ3n) is 5.11. The Hall–Kier alpha value is -4.30. The fourth-order valence-corrected chi connectivity index (χ4v) is 3.81. The van der Waals surface area contributed by atoms with E-state index < -0.39 is 154 Å². The minimum Gasteiger partial charge on any atom is -0.309 e. The van der Waals surface area contributed by atoms with Gasteiger partial charge in [-0.15, -0.1) is 0 Å². The van der Waals surface area contributed by atoms with E-state index in [0.29, 0.717) is 0 Å². The second kappa shape index (κ2) is 6.60. The van der Waals surface area contributed by atoms with Gasteiger partial charge in [0.25, 0.3) is 0 Å². The zero-order chi connectivity index (χ0) is 38.5. The Kier molecular flexibility index (Phi) is 1.41. The van der Waals surface area contributed by atoms with E-state index in [9.17, 15) is 5.48 Å². The van der Waals surface area contributed by atoms with Crippen LogP contribution in [0.15, 0.2) is 121 Å². The third kappa shape index (κ3) is 2.35. The number of benzene rings is 5. The first-order valence-corrected chi connectivity index (χ1v) is 9.34. The summed E-state index contributed by atoms with van der Waals surface area (Å²) in [4.78, 5) is 0. The Bertz CT molecular complexity index is 2470. The zero-order valence-corrected chi connectivity index (χ0v) is 15.9. The molecule has 0 aliphatic rings. The molecule has 150 valence electrons. The predicted molar refractivity (Wildman–Crippen MR) is 135 cm³/mol. The topological polar surface area (TPSA) is 9.86 Å². The van der Waals surface area contributed by atoms with Crippen LogP contribution in [0.2, 0.25) is 0 Å². The van der Waals surface area contributed by atoms with E-state index in [1.54, 1.807) is 0 Å². The van der Waals surface area contributed by atoms with E-state index in [-0.39, 0.29) is 21.5 Å². The van der Waals surface area contributed by atoms with Crippen molar-refractivity contribution in [2.45, 2.75) is 0 Å². The molecule has 0 fully saturated rings. The van der Waals surface area contributed by atoms with Gasteiger partial charge in [-0.1, -0.05) is 72.5 Å². The third-order valence-corrected chi connectivity index (χ3v) is 5.11. The van der Waals surface area contributed by atoms with Crippen molar-refractivity contribution in [3.63, 3.8) is 0 Å². The van der Waals surface area contributed by atoms with Crippen molar-refractivity contribution >= 4 is 43.6 Å². The van der Waals surface area contributed by atoms with Gasteiger partial charge >= 0.3 is 0 Å². The summed E-state index contributed by atoms with van der Waals surface area (Å²) in [5.74, 6) is 0. The fraction of sp³-hybridized carbons (Fsp3) is 0. The molecule has 0 aliphatic heterocycles. The van der Waals surface area contributed by atoms with Crippen molar-refractivity contribution in [1.82, 2.24) is 9.13 Å². The average Bonchev–Trinajstić information content (AvgIpc) is 3.65. The van der Waals surface area contributed by atoms with Gasteiger partial charge in [-0.2, -0.15) is 0 Å². The molecule has 0 atom stereocenters. The van der Waals surface area contributed by atoms with Crippen LogP contribution in [0.1, 0.15) is 27.4 Å². The first-order valence-electron chi connectivity index (χ1n) is 19.3. The summed E-state index contributed by atoms with van der Waals surface area (Å²) in [5.41, 5.74) is -3.27. The summed E-state index contributed by atoms with van der Waals surface area (Å²) in [6.07, 6.45) is 0. The quantitative estimate of drug-likeness (QED) is 0.265. The Balaban J connectivity index is 1.76. The molecule has 0 unspecified atom stereocenters. The average molecular weight is 429 g/mol. The maximum atomic E-state index is 9.19. The molecule has 0 radical (unpaired) electrons. The van der Waals surface area contributed by atoms with Crippen molar-refractivity contribution in [3.05, 3.63) is 121 Å². The fourth-order valence-electron chi connectivity index (χ4n) is 3.81. The number of hydrogen-bond acceptors (Lipinski definition) is 0. The molecule has 7 aromatic rings. The molecule has 32 heavy (non-hydrogen) atoms. The smallest absolute Gasteiger partial charge is 0.0646 e. The molecule has 5 aromatic carbocycles. The summed E-state index contributed by atoms with van der Waals surface area (Å²) >= 11 is 0. The zero-order valence-electron chi connectivity index (χ0n) is 35.9. The number of fused-ring (bicyclic) bond motifs is 6. The Morgan fingerprint density at radius 2 is 0.594 bits per heavy atom. The van der Waals surface area contributed by atoms with Crippen LogP contribution in [0.25, 0.3) is 55.0 Å². The highest BCUT2D eigenvalue weighted by atomic mass is 15.0. The van der Waals surface area contributed by atoms with Crippen LogP contribution in [-0.2, 0) is 0 Å². The summed E-state index contributed by atoms with van der Waals surface area (Å²) in [6, 6.07) is -15.5. The van der Waals surface area contributed by atoms with Gasteiger partial charge in [-0.05, 0) is 48.3 Å². The van der Waals surface area contributed by atoms with Crippen molar-refractivity contribution in [3.8, 4) is 11.4 Å². The summed E-state index contributed by atoms with van der Waals surface area (Å²) < 4.78 is 174. The van der Waals surface area contributed by atoms with Gasteiger partial charge < -0.3 is 9.13 Å². The lowest BCUT2D eigenvalue weighted by atomic mass is 10.2. The van der Waals surface area contributed by atoms with Gasteiger partial charge in [0.2, 0.25) is 0 Å². The molecule has 0 spiro atoms. The second-order valence-electron chi connectivity index (χ2n) is 6.76. The first kappa shape index (κ1) is 6.85. The van der Waals surface area contributed by atoms with Crippen LogP contribution in [0.4, 0.5) is 0 Å². The Morgan fingerprint density at radius 1 is 0.344 bits per heavy atom. The van der Waals surface area contributed by atoms with Crippen LogP contribution < -0.4 is 0 Å². The molecular formula is C30H20N2. The lowest BCUT2D eigenvalue weighted by Gasteiger charge is -2.11. The molecular weight excluding hydrogens is 388 g/mol. The van der Waals surface area contributed by atoms with Gasteiger partial charge in [-0.25, -0.2) is 0 Å². The van der Waals surface area contributed by atoms with Crippen molar-refractivity contribution in [1.29, 1.82) is 0 Å². The maximum absolute atomic E-state index is 9.19. The normalized spacial score (nSPS) is 20.5. The SMILES string of the molecule is [2H]c1c([2H])c(-n2c3c([2H])c([2H])c([2H])c([2H])c3c3c([2H])c([2H])c([2H])c([2H])c32)c([2H])c([2H])c1-n1c2c([2H])c([2H])c([2H])c([2H])c2c2c([2H])c([2H])c([2H])c([2H])c21. The van der Waals surface area contributed by atoms with Crippen LogP contribution in [-0.4, -0.2) is 9.13 Å². The molecule has 0 saturated heterocycles. The van der Waals surface area contributed by atoms with Gasteiger partial charge in [0.05, 0.1) is 49.5 Å². The molecule has 2 heteroatoms. The molecule has 0 N–H and O–H groups in total. The predicted octanol–water partition coefficient (Wildman–Crippen LogP) is 7.88. The molecule has 0 amide bonds. The number of para-hydroxylation sites is 4. The van der Waals surface area contributed by atoms with Crippen molar-refractivity contribution < 1.29 is 27.4 Å². The molecule has 7 rings (SSSR count). The highest BCUT2D eigenvalue weighted by molar-refractivity contribution is 6.10. The first-order chi connectivity index (χ1) is 24.2. The van der Waals surface area contributed by atoms with Crippen molar-refractivity contribution in [2.75, 3.05) is 0 Å². The second-order valence-corrected chi connectivity index (χ2v) is 6.76. The summed E-state index contributed by atoms with van der Waals surface area (Å²) in [6.45, 7) is 0. The van der Waals surface area contributed by atoms with Crippen LogP contribution in [0.5, 0.6) is 0 Å². The molecule has 2 aromatic heterocycles. The maximum Gasteiger partial charge on any atom is 0.0646 e. The van der Waals surface area contributed by atoms with E-state index in [1.807, 2.05) is 0 Å². The number of hydrogen-bond donors (Lipinski definition) is 0. The van der Waals surface area contributed by atoms with Crippen LogP contribution >= 0.6 is 0 Å². The van der Waals surface area contributed by atoms with Crippen LogP contribution in [0.3, 0.4) is 0 Å². The van der Waals surface area contributed by atoms with Crippen molar-refractivity contribution in [2.24, 2.45) is 0 Å². The monoisotopic (exact) mass is 428 g/mol. The van der Waals surface area contributed by atoms with Gasteiger partial charge in [0.15, 0.2) is 0 Å². The summed E-state index contributed by atoms with van der Waals surface area (Å²) in [7, 11) is 0. The van der Waals surface area contributed by atoms with Gasteiger partial charge in [-0.3, -0.25) is 0 Å². The number of rotatable bonds is 2. The minimum atomic E-state index is -0.925. The van der Waals surface area contributed by atoms with Gasteiger partial charge in [0.1, 0.15) is 0 Å². The molecule has 2 heterocycles. The Morgan fingerprint density at radius 3 is 0.875 bits per heavy atom. The van der Waals surface area contributed by atoms with E-state index >= 15 is 0 Å². The molecule has 0 bridgehead atoms. The minimum absolute atomic E-state index is 0.372. The standard InChI is InChI=1S/C30H20N2/c1-5-13-27-23(9-1)24-10-2-6-14-28(24)31(27)21-17-19-22(20-18-21)32-29-15-7-3-11-25(29)26-12-4-8-16-30(26)32/h1-20H/i1D,2D,3D,4D,5D,6D,7D,8D,9D,10D,11D,12D,13D,14D,15D,16D,17D,18D,19D,20D. The molecule has 0 aliphatic carbocycles. The number of nitrogens with zero attached hydrogens (tertiary/aromatic N) is 2.